The molecule has 1 N–H and O–H groups in total. The summed E-state index contributed by atoms with van der Waals surface area (Å²) < 4.78 is 13.3. The normalized spacial score (nSPS) is 20.3. The van der Waals surface area contributed by atoms with Crippen molar-refractivity contribution in [3.05, 3.63) is 39.7 Å². The average molecular weight is 266 g/mol. The molecule has 1 fully saturated rings. The molecule has 0 amide bonds. The van der Waals surface area contributed by atoms with Crippen LogP contribution in [-0.4, -0.2) is 11.0 Å². The van der Waals surface area contributed by atoms with Crippen LogP contribution in [0, 0.1) is 26.8 Å². The summed E-state index contributed by atoms with van der Waals surface area (Å²) in [5.41, 5.74) is 0.773. The van der Waals surface area contributed by atoms with Gasteiger partial charge in [-0.25, -0.2) is 4.39 Å². The molecule has 104 valence electrons. The molecule has 1 saturated carbocycles. The first-order valence-corrected chi connectivity index (χ1v) is 6.33. The van der Waals surface area contributed by atoms with Crippen molar-refractivity contribution in [1.82, 2.24) is 5.32 Å². The molecular weight excluding hydrogens is 247 g/mol. The summed E-state index contributed by atoms with van der Waals surface area (Å²) in [6.45, 7) is 9.16. The van der Waals surface area contributed by atoms with Crippen molar-refractivity contribution in [1.29, 1.82) is 0 Å². The second-order valence-electron chi connectivity index (χ2n) is 6.33. The lowest BCUT2D eigenvalue weighted by Gasteiger charge is -2.07. The average Bonchev–Trinajstić information content (AvgIpc) is 2.66. The molecule has 0 atom stereocenters. The summed E-state index contributed by atoms with van der Waals surface area (Å²) in [4.78, 5) is 10.1. The molecule has 4 nitrogen and oxygen atoms in total. The summed E-state index contributed by atoms with van der Waals surface area (Å²) in [5.74, 6) is -0.569. The van der Waals surface area contributed by atoms with Gasteiger partial charge in [-0.05, 0) is 22.5 Å². The standard InChI is InChI=1S/C14H19FN2O2/c1-13(2)12(14(13,3)4)16-8-9-5-10(15)7-11(6-9)17(18)19/h5-7,12,16H,8H2,1-4H3. The van der Waals surface area contributed by atoms with Gasteiger partial charge in [0.1, 0.15) is 5.82 Å². The first-order chi connectivity index (χ1) is 8.66. The van der Waals surface area contributed by atoms with Crippen molar-refractivity contribution in [3.8, 4) is 0 Å². The van der Waals surface area contributed by atoms with Gasteiger partial charge in [0.2, 0.25) is 0 Å². The predicted molar refractivity (Wildman–Crippen MR) is 71.2 cm³/mol. The smallest absolute Gasteiger partial charge is 0.272 e. The minimum absolute atomic E-state index is 0.187. The van der Waals surface area contributed by atoms with Crippen LogP contribution in [0.5, 0.6) is 0 Å². The lowest BCUT2D eigenvalue weighted by Crippen LogP contribution is -2.21. The fourth-order valence-corrected chi connectivity index (χ4v) is 2.77. The number of rotatable bonds is 4. The van der Waals surface area contributed by atoms with Crippen LogP contribution in [-0.2, 0) is 6.54 Å². The third kappa shape index (κ3) is 2.34. The lowest BCUT2D eigenvalue weighted by molar-refractivity contribution is -0.385. The van der Waals surface area contributed by atoms with Crippen molar-refractivity contribution < 1.29 is 9.31 Å². The molecular formula is C14H19FN2O2. The predicted octanol–water partition coefficient (Wildman–Crippen LogP) is 3.26. The van der Waals surface area contributed by atoms with E-state index in [1.807, 2.05) is 0 Å². The van der Waals surface area contributed by atoms with Crippen LogP contribution in [0.1, 0.15) is 33.3 Å². The summed E-state index contributed by atoms with van der Waals surface area (Å²) in [5, 5.41) is 14.0. The summed E-state index contributed by atoms with van der Waals surface area (Å²) in [6, 6.07) is 4.03. The Morgan fingerprint density at radius 2 is 1.84 bits per heavy atom. The maximum Gasteiger partial charge on any atom is 0.272 e. The Kier molecular flexibility index (Phi) is 3.13. The third-order valence-electron chi connectivity index (χ3n) is 4.68. The summed E-state index contributed by atoms with van der Waals surface area (Å²) in [6.07, 6.45) is 0. The number of benzene rings is 1. The Bertz CT molecular complexity index is 512. The van der Waals surface area contributed by atoms with Gasteiger partial charge in [-0.15, -0.1) is 0 Å². The number of halogens is 1. The number of nitro groups is 1. The highest BCUT2D eigenvalue weighted by molar-refractivity contribution is 5.35. The summed E-state index contributed by atoms with van der Waals surface area (Å²) >= 11 is 0. The Balaban J connectivity index is 2.07. The second kappa shape index (κ2) is 4.27. The Labute approximate surface area is 112 Å². The Morgan fingerprint density at radius 3 is 2.32 bits per heavy atom. The van der Waals surface area contributed by atoms with Gasteiger partial charge >= 0.3 is 0 Å². The van der Waals surface area contributed by atoms with Crippen LogP contribution < -0.4 is 5.32 Å². The first kappa shape index (κ1) is 13.9. The zero-order chi connectivity index (χ0) is 14.4. The molecule has 1 aliphatic carbocycles. The highest BCUT2D eigenvalue weighted by Gasteiger charge is 2.64. The SMILES string of the molecule is CC1(C)C(NCc2cc(F)cc([N+](=O)[O-])c2)C1(C)C. The molecule has 1 aliphatic rings. The van der Waals surface area contributed by atoms with Crippen molar-refractivity contribution in [2.24, 2.45) is 10.8 Å². The van der Waals surface area contributed by atoms with E-state index in [1.165, 1.54) is 12.1 Å². The van der Waals surface area contributed by atoms with Gasteiger partial charge in [0.15, 0.2) is 0 Å². The van der Waals surface area contributed by atoms with Gasteiger partial charge in [-0.1, -0.05) is 27.7 Å². The number of nitrogens with one attached hydrogen (secondary N) is 1. The molecule has 0 aromatic heterocycles. The molecule has 0 bridgehead atoms. The highest BCUT2D eigenvalue weighted by Crippen LogP contribution is 2.62. The number of nitro benzene ring substituents is 1. The fraction of sp³-hybridized carbons (Fsp3) is 0.571. The van der Waals surface area contributed by atoms with Gasteiger partial charge in [-0.2, -0.15) is 0 Å². The zero-order valence-corrected chi connectivity index (χ0v) is 11.7. The van der Waals surface area contributed by atoms with Crippen LogP contribution >= 0.6 is 0 Å². The van der Waals surface area contributed by atoms with Crippen molar-refractivity contribution in [2.75, 3.05) is 0 Å². The molecule has 2 rings (SSSR count). The second-order valence-corrected chi connectivity index (χ2v) is 6.33. The minimum Gasteiger partial charge on any atom is -0.309 e. The largest absolute Gasteiger partial charge is 0.309 e. The molecule has 1 aromatic rings. The molecule has 5 heteroatoms. The molecule has 0 heterocycles. The van der Waals surface area contributed by atoms with Gasteiger partial charge in [-0.3, -0.25) is 10.1 Å². The van der Waals surface area contributed by atoms with E-state index in [4.69, 9.17) is 0 Å². The lowest BCUT2D eigenvalue weighted by atomic mass is 10.0. The topological polar surface area (TPSA) is 55.2 Å². The van der Waals surface area contributed by atoms with Gasteiger partial charge in [0, 0.05) is 18.7 Å². The number of hydrogen-bond acceptors (Lipinski definition) is 3. The molecule has 0 unspecified atom stereocenters. The van der Waals surface area contributed by atoms with E-state index >= 15 is 0 Å². The van der Waals surface area contributed by atoms with Gasteiger partial charge in [0.25, 0.3) is 5.69 Å². The number of hydrogen-bond donors (Lipinski definition) is 1. The number of nitrogens with zero attached hydrogens (tertiary/aromatic N) is 1. The van der Waals surface area contributed by atoms with Crippen LogP contribution in [0.15, 0.2) is 18.2 Å². The van der Waals surface area contributed by atoms with Crippen LogP contribution in [0.4, 0.5) is 10.1 Å². The van der Waals surface area contributed by atoms with E-state index in [-0.39, 0.29) is 16.5 Å². The molecule has 19 heavy (non-hydrogen) atoms. The Morgan fingerprint density at radius 1 is 1.26 bits per heavy atom. The van der Waals surface area contributed by atoms with Crippen LogP contribution in [0.25, 0.3) is 0 Å². The molecule has 0 spiro atoms. The molecule has 0 aliphatic heterocycles. The fourth-order valence-electron chi connectivity index (χ4n) is 2.77. The maximum absolute atomic E-state index is 13.3. The van der Waals surface area contributed by atoms with Crippen molar-refractivity contribution in [3.63, 3.8) is 0 Å². The molecule has 0 radical (unpaired) electrons. The van der Waals surface area contributed by atoms with E-state index in [0.29, 0.717) is 18.2 Å². The van der Waals surface area contributed by atoms with E-state index in [2.05, 4.69) is 33.0 Å². The maximum atomic E-state index is 13.3. The molecule has 0 saturated heterocycles. The Hall–Kier alpha value is -1.49. The van der Waals surface area contributed by atoms with Crippen LogP contribution in [0.3, 0.4) is 0 Å². The third-order valence-corrected chi connectivity index (χ3v) is 4.68. The monoisotopic (exact) mass is 266 g/mol. The number of non-ortho nitro benzene ring substituents is 1. The van der Waals surface area contributed by atoms with E-state index in [0.717, 1.165) is 6.07 Å². The van der Waals surface area contributed by atoms with Gasteiger partial charge < -0.3 is 5.32 Å². The van der Waals surface area contributed by atoms with Crippen LogP contribution in [0.2, 0.25) is 0 Å². The summed E-state index contributed by atoms with van der Waals surface area (Å²) in [7, 11) is 0. The zero-order valence-electron chi connectivity index (χ0n) is 11.7. The van der Waals surface area contributed by atoms with E-state index < -0.39 is 10.7 Å². The van der Waals surface area contributed by atoms with Gasteiger partial charge in [0.05, 0.1) is 11.0 Å². The quantitative estimate of drug-likeness (QED) is 0.672. The van der Waals surface area contributed by atoms with Crippen molar-refractivity contribution >= 4 is 5.69 Å². The van der Waals surface area contributed by atoms with Crippen molar-refractivity contribution in [2.45, 2.75) is 40.3 Å². The first-order valence-electron chi connectivity index (χ1n) is 6.33. The van der Waals surface area contributed by atoms with E-state index in [9.17, 15) is 14.5 Å². The van der Waals surface area contributed by atoms with E-state index in [1.54, 1.807) is 0 Å². The molecule has 1 aromatic carbocycles. The minimum atomic E-state index is -0.572. The highest BCUT2D eigenvalue weighted by atomic mass is 19.1.